The van der Waals surface area contributed by atoms with Gasteiger partial charge in [0.05, 0.1) is 10.7 Å². The first-order valence-electron chi connectivity index (χ1n) is 11.9. The highest BCUT2D eigenvalue weighted by atomic mass is 35.5. The molecule has 0 spiro atoms. The molecule has 3 N–H and O–H groups in total. The predicted octanol–water partition coefficient (Wildman–Crippen LogP) is 5.40. The third-order valence-corrected chi connectivity index (χ3v) is 6.20. The van der Waals surface area contributed by atoms with Gasteiger partial charge in [-0.05, 0) is 83.4 Å². The molecular weight excluding hydrogens is 514 g/mol. The van der Waals surface area contributed by atoms with Crippen LogP contribution in [-0.2, 0) is 14.3 Å². The first kappa shape index (κ1) is 30.3. The van der Waals surface area contributed by atoms with Gasteiger partial charge in [0, 0.05) is 11.8 Å². The van der Waals surface area contributed by atoms with Gasteiger partial charge in [0.25, 0.3) is 5.91 Å². The molecule has 0 aromatic heterocycles. The summed E-state index contributed by atoms with van der Waals surface area (Å²) < 4.78 is 5.31. The van der Waals surface area contributed by atoms with Crippen molar-refractivity contribution in [1.29, 1.82) is 0 Å². The van der Waals surface area contributed by atoms with E-state index in [0.29, 0.717) is 21.8 Å². The molecule has 2 rings (SSSR count). The van der Waals surface area contributed by atoms with Crippen LogP contribution in [0.3, 0.4) is 0 Å². The van der Waals surface area contributed by atoms with Crippen LogP contribution in [0.15, 0.2) is 36.4 Å². The minimum Gasteiger partial charge on any atom is -0.508 e. The van der Waals surface area contributed by atoms with Gasteiger partial charge in [-0.1, -0.05) is 29.8 Å². The highest BCUT2D eigenvalue weighted by molar-refractivity contribution is 7.80. The standard InChI is InChI=1S/C27H36ClN3O5S/c1-15(2)31(25(34)20(14-37)29-26(35)36-27(5,6)7)23(18-11-12-21(32)17(4)13-18)24(33)30-22-16(3)9-8-10-19(22)28/h8-13,15,20,23,32,37H,14H2,1-7H3,(H,29,35)(H,30,33). The van der Waals surface area contributed by atoms with Gasteiger partial charge in [-0.3, -0.25) is 9.59 Å². The van der Waals surface area contributed by atoms with Gasteiger partial charge >= 0.3 is 6.09 Å². The average molecular weight is 550 g/mol. The van der Waals surface area contributed by atoms with Crippen LogP contribution in [0.2, 0.25) is 5.02 Å². The minimum absolute atomic E-state index is 0.0200. The number of para-hydroxylation sites is 1. The number of carbonyl (C=O) groups is 3. The van der Waals surface area contributed by atoms with Crippen LogP contribution < -0.4 is 10.6 Å². The van der Waals surface area contributed by atoms with Crippen LogP contribution in [0.25, 0.3) is 0 Å². The van der Waals surface area contributed by atoms with Gasteiger partial charge in [-0.2, -0.15) is 12.6 Å². The number of phenols is 1. The molecule has 2 unspecified atom stereocenters. The van der Waals surface area contributed by atoms with Crippen LogP contribution in [0.5, 0.6) is 5.75 Å². The van der Waals surface area contributed by atoms with E-state index in [1.807, 2.05) is 13.0 Å². The number of phenolic OH excluding ortho intramolecular Hbond substituents is 1. The molecule has 8 nitrogen and oxygen atoms in total. The third kappa shape index (κ3) is 8.04. The molecule has 2 aromatic rings. The van der Waals surface area contributed by atoms with Crippen molar-refractivity contribution in [3.63, 3.8) is 0 Å². The maximum Gasteiger partial charge on any atom is 0.408 e. The number of hydrogen-bond donors (Lipinski definition) is 4. The van der Waals surface area contributed by atoms with Crippen molar-refractivity contribution < 1.29 is 24.2 Å². The smallest absolute Gasteiger partial charge is 0.408 e. The van der Waals surface area contributed by atoms with Crippen molar-refractivity contribution >= 4 is 47.8 Å². The zero-order valence-electron chi connectivity index (χ0n) is 22.3. The van der Waals surface area contributed by atoms with Crippen molar-refractivity contribution in [2.24, 2.45) is 0 Å². The number of aryl methyl sites for hydroxylation is 2. The molecular formula is C27H36ClN3O5S. The van der Waals surface area contributed by atoms with Gasteiger partial charge in [-0.25, -0.2) is 4.79 Å². The summed E-state index contributed by atoms with van der Waals surface area (Å²) in [5, 5.41) is 15.9. The fourth-order valence-electron chi connectivity index (χ4n) is 3.76. The molecule has 0 aliphatic heterocycles. The number of hydrogen-bond acceptors (Lipinski definition) is 6. The maximum atomic E-state index is 13.8. The number of thiol groups is 1. The van der Waals surface area contributed by atoms with E-state index in [1.54, 1.807) is 65.8 Å². The van der Waals surface area contributed by atoms with Crippen LogP contribution in [0.4, 0.5) is 10.5 Å². The van der Waals surface area contributed by atoms with Gasteiger partial charge in [0.15, 0.2) is 0 Å². The van der Waals surface area contributed by atoms with Crippen LogP contribution >= 0.6 is 24.2 Å². The number of aromatic hydroxyl groups is 1. The molecule has 3 amide bonds. The average Bonchev–Trinajstić information content (AvgIpc) is 2.78. The van der Waals surface area contributed by atoms with E-state index >= 15 is 0 Å². The normalized spacial score (nSPS) is 13.0. The number of anilines is 1. The van der Waals surface area contributed by atoms with Crippen LogP contribution in [0.1, 0.15) is 57.4 Å². The van der Waals surface area contributed by atoms with E-state index in [9.17, 15) is 19.5 Å². The number of carbonyl (C=O) groups excluding carboxylic acids is 3. The molecule has 0 saturated carbocycles. The fraction of sp³-hybridized carbons (Fsp3) is 0.444. The predicted molar refractivity (Wildman–Crippen MR) is 149 cm³/mol. The number of nitrogens with zero attached hydrogens (tertiary/aromatic N) is 1. The Morgan fingerprint density at radius 3 is 2.27 bits per heavy atom. The van der Waals surface area contributed by atoms with Crippen LogP contribution in [0, 0.1) is 13.8 Å². The lowest BCUT2D eigenvalue weighted by molar-refractivity contribution is -0.142. The summed E-state index contributed by atoms with van der Waals surface area (Å²) in [6, 6.07) is 7.35. The summed E-state index contributed by atoms with van der Waals surface area (Å²) in [4.78, 5) is 41.5. The van der Waals surface area contributed by atoms with Gasteiger partial charge in [0.2, 0.25) is 5.91 Å². The van der Waals surface area contributed by atoms with Crippen LogP contribution in [-0.4, -0.2) is 51.4 Å². The van der Waals surface area contributed by atoms with Crippen molar-refractivity contribution in [3.05, 3.63) is 58.1 Å². The van der Waals surface area contributed by atoms with E-state index in [1.165, 1.54) is 11.0 Å². The first-order chi connectivity index (χ1) is 17.2. The Kier molecular flexibility index (Phi) is 10.3. The molecule has 0 saturated heterocycles. The van der Waals surface area contributed by atoms with E-state index in [4.69, 9.17) is 16.3 Å². The number of alkyl carbamates (subject to hydrolysis) is 1. The Balaban J connectivity index is 2.54. The molecule has 0 aliphatic rings. The molecule has 0 radical (unpaired) electrons. The summed E-state index contributed by atoms with van der Waals surface area (Å²) in [6.45, 7) is 12.2. The molecule has 37 heavy (non-hydrogen) atoms. The second-order valence-electron chi connectivity index (χ2n) is 10.1. The Bertz CT molecular complexity index is 1130. The molecule has 0 aliphatic carbocycles. The quantitative estimate of drug-likeness (QED) is 0.330. The number of benzene rings is 2. The largest absolute Gasteiger partial charge is 0.508 e. The summed E-state index contributed by atoms with van der Waals surface area (Å²) in [5.74, 6) is -0.975. The van der Waals surface area contributed by atoms with E-state index in [2.05, 4.69) is 23.3 Å². The Labute approximate surface area is 229 Å². The minimum atomic E-state index is -1.11. The first-order valence-corrected chi connectivity index (χ1v) is 12.9. The highest BCUT2D eigenvalue weighted by Gasteiger charge is 2.38. The SMILES string of the molecule is Cc1cc(C(C(=O)Nc2c(C)cccc2Cl)N(C(=O)C(CS)NC(=O)OC(C)(C)C)C(C)C)ccc1O. The van der Waals surface area contributed by atoms with E-state index in [0.717, 1.165) is 5.56 Å². The van der Waals surface area contributed by atoms with Crippen molar-refractivity contribution in [2.75, 3.05) is 11.1 Å². The second-order valence-corrected chi connectivity index (χ2v) is 10.9. The number of ether oxygens (including phenoxy) is 1. The Morgan fingerprint density at radius 1 is 1.11 bits per heavy atom. The zero-order chi connectivity index (χ0) is 28.1. The molecule has 202 valence electrons. The molecule has 2 atom stereocenters. The van der Waals surface area contributed by atoms with Gasteiger partial charge in [0.1, 0.15) is 23.4 Å². The zero-order valence-corrected chi connectivity index (χ0v) is 23.9. The highest BCUT2D eigenvalue weighted by Crippen LogP contribution is 2.32. The lowest BCUT2D eigenvalue weighted by Gasteiger charge is -2.37. The Morgan fingerprint density at radius 2 is 1.76 bits per heavy atom. The lowest BCUT2D eigenvalue weighted by Crippen LogP contribution is -2.55. The summed E-state index contributed by atoms with van der Waals surface area (Å²) in [7, 11) is 0. The monoisotopic (exact) mass is 549 g/mol. The Hall–Kier alpha value is -2.91. The van der Waals surface area contributed by atoms with Gasteiger partial charge < -0.3 is 25.4 Å². The second kappa shape index (κ2) is 12.6. The molecule has 2 aromatic carbocycles. The number of rotatable bonds is 8. The maximum absolute atomic E-state index is 13.8. The fourth-order valence-corrected chi connectivity index (χ4v) is 4.28. The molecule has 10 heteroatoms. The third-order valence-electron chi connectivity index (χ3n) is 5.52. The van der Waals surface area contributed by atoms with Gasteiger partial charge in [-0.15, -0.1) is 0 Å². The number of halogens is 1. The van der Waals surface area contributed by atoms with E-state index in [-0.39, 0.29) is 11.5 Å². The van der Waals surface area contributed by atoms with Crippen molar-refractivity contribution in [2.45, 2.75) is 72.2 Å². The number of amides is 3. The number of nitrogens with one attached hydrogen (secondary N) is 2. The van der Waals surface area contributed by atoms with Crippen molar-refractivity contribution in [3.8, 4) is 5.75 Å². The van der Waals surface area contributed by atoms with Crippen molar-refractivity contribution in [1.82, 2.24) is 10.2 Å². The van der Waals surface area contributed by atoms with E-state index < -0.39 is 41.6 Å². The summed E-state index contributed by atoms with van der Waals surface area (Å²) in [5.41, 5.74) is 1.45. The topological polar surface area (TPSA) is 108 Å². The molecule has 0 bridgehead atoms. The lowest BCUT2D eigenvalue weighted by atomic mass is 9.99. The molecule has 0 heterocycles. The molecule has 0 fully saturated rings. The summed E-state index contributed by atoms with van der Waals surface area (Å²) in [6.07, 6.45) is -0.767. The summed E-state index contributed by atoms with van der Waals surface area (Å²) >= 11 is 10.6.